The van der Waals surface area contributed by atoms with Crippen LogP contribution in [0, 0.1) is 0 Å². The molecule has 8 heteroatoms. The van der Waals surface area contributed by atoms with Gasteiger partial charge in [0.05, 0.1) is 16.8 Å². The van der Waals surface area contributed by atoms with Gasteiger partial charge in [-0.05, 0) is 32.0 Å². The third-order valence-corrected chi connectivity index (χ3v) is 2.25. The minimum Gasteiger partial charge on any atom is -0.478 e. The predicted molar refractivity (Wildman–Crippen MR) is 65.7 cm³/mol. The largest absolute Gasteiger partial charge is 0.478 e. The molecule has 0 fully saturated rings. The maximum absolute atomic E-state index is 12.6. The highest BCUT2D eigenvalue weighted by molar-refractivity contribution is 6.00. The van der Waals surface area contributed by atoms with E-state index in [0.717, 1.165) is 6.07 Å². The van der Waals surface area contributed by atoms with E-state index in [2.05, 4.69) is 10.6 Å². The smallest absolute Gasteiger partial charge is 0.416 e. The van der Waals surface area contributed by atoms with Crippen LogP contribution in [0.1, 0.15) is 29.8 Å². The van der Waals surface area contributed by atoms with E-state index in [1.165, 1.54) is 0 Å². The lowest BCUT2D eigenvalue weighted by Gasteiger charge is -2.14. The Morgan fingerprint density at radius 3 is 2.30 bits per heavy atom. The fraction of sp³-hybridized carbons (Fsp3) is 0.333. The van der Waals surface area contributed by atoms with Crippen LogP contribution in [0.25, 0.3) is 0 Å². The van der Waals surface area contributed by atoms with Crippen LogP contribution in [0.15, 0.2) is 18.2 Å². The van der Waals surface area contributed by atoms with Gasteiger partial charge in [-0.15, -0.1) is 0 Å². The van der Waals surface area contributed by atoms with Gasteiger partial charge < -0.3 is 15.7 Å². The van der Waals surface area contributed by atoms with Crippen LogP contribution in [0.5, 0.6) is 0 Å². The third kappa shape index (κ3) is 4.15. The Balaban J connectivity index is 3.13. The summed E-state index contributed by atoms with van der Waals surface area (Å²) >= 11 is 0. The summed E-state index contributed by atoms with van der Waals surface area (Å²) in [6, 6.07) is 1.02. The number of halogens is 3. The molecule has 0 spiro atoms. The second kappa shape index (κ2) is 5.81. The standard InChI is InChI=1S/C12H13F3N2O3/c1-6(2)16-11(20)17-9-5-7(12(13,14)15)3-4-8(9)10(18)19/h3-6H,1-2H3,(H,18,19)(H2,16,17,20). The van der Waals surface area contributed by atoms with Gasteiger partial charge in [0.2, 0.25) is 0 Å². The molecule has 1 aromatic carbocycles. The average Bonchev–Trinajstić information content (AvgIpc) is 2.25. The molecule has 0 saturated heterocycles. The van der Waals surface area contributed by atoms with Crippen LogP contribution < -0.4 is 10.6 Å². The summed E-state index contributed by atoms with van der Waals surface area (Å²) in [5.41, 5.74) is -1.87. The Labute approximate surface area is 112 Å². The maximum Gasteiger partial charge on any atom is 0.416 e. The molecule has 110 valence electrons. The van der Waals surface area contributed by atoms with Gasteiger partial charge in [-0.3, -0.25) is 0 Å². The van der Waals surface area contributed by atoms with Gasteiger partial charge in [0, 0.05) is 6.04 Å². The summed E-state index contributed by atoms with van der Waals surface area (Å²) in [6.45, 7) is 3.31. The molecule has 0 radical (unpaired) electrons. The van der Waals surface area contributed by atoms with Crippen molar-refractivity contribution in [2.24, 2.45) is 0 Å². The lowest BCUT2D eigenvalue weighted by Crippen LogP contribution is -2.34. The zero-order valence-electron chi connectivity index (χ0n) is 10.7. The molecule has 0 aliphatic heterocycles. The van der Waals surface area contributed by atoms with Crippen LogP contribution in [0.2, 0.25) is 0 Å². The van der Waals surface area contributed by atoms with Gasteiger partial charge in [-0.1, -0.05) is 0 Å². The molecule has 0 saturated carbocycles. The molecular formula is C12H13F3N2O3. The number of amides is 2. The fourth-order valence-corrected chi connectivity index (χ4v) is 1.43. The molecule has 0 aliphatic rings. The number of aromatic carboxylic acids is 1. The predicted octanol–water partition coefficient (Wildman–Crippen LogP) is 2.93. The van der Waals surface area contributed by atoms with Crippen molar-refractivity contribution in [3.8, 4) is 0 Å². The van der Waals surface area contributed by atoms with Crippen molar-refractivity contribution in [3.63, 3.8) is 0 Å². The number of alkyl halides is 3. The summed E-state index contributed by atoms with van der Waals surface area (Å²) in [5.74, 6) is -1.43. The van der Waals surface area contributed by atoms with Gasteiger partial charge in [0.15, 0.2) is 0 Å². The lowest BCUT2D eigenvalue weighted by atomic mass is 10.1. The first-order valence-electron chi connectivity index (χ1n) is 5.63. The molecular weight excluding hydrogens is 277 g/mol. The Kier molecular flexibility index (Phi) is 4.59. The van der Waals surface area contributed by atoms with Gasteiger partial charge in [0.1, 0.15) is 0 Å². The highest BCUT2D eigenvalue weighted by atomic mass is 19.4. The van der Waals surface area contributed by atoms with Crippen molar-refractivity contribution >= 4 is 17.7 Å². The molecule has 0 aromatic heterocycles. The lowest BCUT2D eigenvalue weighted by molar-refractivity contribution is -0.137. The van der Waals surface area contributed by atoms with E-state index in [4.69, 9.17) is 5.11 Å². The second-order valence-corrected chi connectivity index (χ2v) is 4.32. The summed E-state index contributed by atoms with van der Waals surface area (Å²) in [6.07, 6.45) is -4.62. The van der Waals surface area contributed by atoms with E-state index < -0.39 is 35.0 Å². The zero-order chi connectivity index (χ0) is 15.5. The number of nitrogens with one attached hydrogen (secondary N) is 2. The minimum atomic E-state index is -4.62. The van der Waals surface area contributed by atoms with Crippen molar-refractivity contribution in [2.45, 2.75) is 26.1 Å². The van der Waals surface area contributed by atoms with Crippen LogP contribution >= 0.6 is 0 Å². The number of rotatable bonds is 3. The van der Waals surface area contributed by atoms with E-state index in [1.54, 1.807) is 13.8 Å². The summed E-state index contributed by atoms with van der Waals surface area (Å²) in [7, 11) is 0. The zero-order valence-corrected chi connectivity index (χ0v) is 10.7. The van der Waals surface area contributed by atoms with Crippen molar-refractivity contribution in [1.29, 1.82) is 0 Å². The number of urea groups is 1. The Bertz CT molecular complexity index is 527. The first-order chi connectivity index (χ1) is 9.11. The van der Waals surface area contributed by atoms with Crippen molar-refractivity contribution in [1.82, 2.24) is 5.32 Å². The van der Waals surface area contributed by atoms with E-state index in [-0.39, 0.29) is 6.04 Å². The van der Waals surface area contributed by atoms with Gasteiger partial charge in [-0.25, -0.2) is 9.59 Å². The van der Waals surface area contributed by atoms with Crippen molar-refractivity contribution in [2.75, 3.05) is 5.32 Å². The normalized spacial score (nSPS) is 11.3. The van der Waals surface area contributed by atoms with E-state index >= 15 is 0 Å². The summed E-state index contributed by atoms with van der Waals surface area (Å²) in [4.78, 5) is 22.4. The molecule has 0 aliphatic carbocycles. The van der Waals surface area contributed by atoms with E-state index in [9.17, 15) is 22.8 Å². The highest BCUT2D eigenvalue weighted by Crippen LogP contribution is 2.32. The third-order valence-electron chi connectivity index (χ3n) is 2.25. The van der Waals surface area contributed by atoms with Gasteiger partial charge in [0.25, 0.3) is 0 Å². The molecule has 1 aromatic rings. The van der Waals surface area contributed by atoms with E-state index in [0.29, 0.717) is 12.1 Å². The Morgan fingerprint density at radius 1 is 1.25 bits per heavy atom. The first-order valence-corrected chi connectivity index (χ1v) is 5.63. The molecule has 5 nitrogen and oxygen atoms in total. The molecule has 0 bridgehead atoms. The van der Waals surface area contributed by atoms with Crippen LogP contribution in [0.3, 0.4) is 0 Å². The number of carboxylic acid groups (broad SMARTS) is 1. The number of anilines is 1. The second-order valence-electron chi connectivity index (χ2n) is 4.32. The number of benzene rings is 1. The summed E-state index contributed by atoms with van der Waals surface area (Å²) in [5, 5.41) is 13.4. The fourth-order valence-electron chi connectivity index (χ4n) is 1.43. The Morgan fingerprint density at radius 2 is 1.85 bits per heavy atom. The minimum absolute atomic E-state index is 0.242. The Hall–Kier alpha value is -2.25. The molecule has 0 unspecified atom stereocenters. The molecule has 0 heterocycles. The highest BCUT2D eigenvalue weighted by Gasteiger charge is 2.31. The SMILES string of the molecule is CC(C)NC(=O)Nc1cc(C(F)(F)F)ccc1C(=O)O. The molecule has 3 N–H and O–H groups in total. The monoisotopic (exact) mass is 290 g/mol. The average molecular weight is 290 g/mol. The molecule has 1 rings (SSSR count). The van der Waals surface area contributed by atoms with Crippen LogP contribution in [-0.2, 0) is 6.18 Å². The molecule has 20 heavy (non-hydrogen) atoms. The van der Waals surface area contributed by atoms with E-state index in [1.807, 2.05) is 0 Å². The number of carbonyl (C=O) groups excluding carboxylic acids is 1. The number of hydrogen-bond donors (Lipinski definition) is 3. The van der Waals surface area contributed by atoms with Crippen LogP contribution in [0.4, 0.5) is 23.7 Å². The van der Waals surface area contributed by atoms with Gasteiger partial charge in [-0.2, -0.15) is 13.2 Å². The first kappa shape index (κ1) is 15.8. The van der Waals surface area contributed by atoms with Gasteiger partial charge >= 0.3 is 18.2 Å². The number of hydrogen-bond acceptors (Lipinski definition) is 2. The maximum atomic E-state index is 12.6. The van der Waals surface area contributed by atoms with Crippen molar-refractivity contribution in [3.05, 3.63) is 29.3 Å². The molecule has 0 atom stereocenters. The number of carboxylic acids is 1. The number of carbonyl (C=O) groups is 2. The quantitative estimate of drug-likeness (QED) is 0.800. The molecule has 2 amide bonds. The van der Waals surface area contributed by atoms with Crippen LogP contribution in [-0.4, -0.2) is 23.1 Å². The van der Waals surface area contributed by atoms with Crippen molar-refractivity contribution < 1.29 is 27.9 Å². The topological polar surface area (TPSA) is 78.4 Å². The summed E-state index contributed by atoms with van der Waals surface area (Å²) < 4.78 is 37.7.